The molecule has 0 spiro atoms. The smallest absolute Gasteiger partial charge is 0.255 e. The topological polar surface area (TPSA) is 157 Å². The summed E-state index contributed by atoms with van der Waals surface area (Å²) in [5.74, 6) is -0.0717. The van der Waals surface area contributed by atoms with Crippen molar-refractivity contribution in [1.29, 1.82) is 5.26 Å². The molecule has 3 aromatic heterocycles. The zero-order valence-electron chi connectivity index (χ0n) is 25.9. The summed E-state index contributed by atoms with van der Waals surface area (Å²) in [4.78, 5) is 48.8. The van der Waals surface area contributed by atoms with Gasteiger partial charge in [-0.25, -0.2) is 9.97 Å². The van der Waals surface area contributed by atoms with Crippen molar-refractivity contribution >= 4 is 40.1 Å². The number of carbonyl (C=O) groups excluding carboxylic acids is 3. The van der Waals surface area contributed by atoms with Crippen LogP contribution in [0.5, 0.6) is 0 Å². The first-order valence-electron chi connectivity index (χ1n) is 15.6. The van der Waals surface area contributed by atoms with Crippen LogP contribution in [-0.2, 0) is 16.1 Å². The Morgan fingerprint density at radius 1 is 1.07 bits per heavy atom. The van der Waals surface area contributed by atoms with Crippen molar-refractivity contribution in [1.82, 2.24) is 30.1 Å². The summed E-state index contributed by atoms with van der Waals surface area (Å²) in [6.07, 6.45) is 7.41. The largest absolute Gasteiger partial charge is 0.382 e. The number of nitrogens with one attached hydrogen (secondary N) is 4. The molecule has 0 radical (unpaired) electrons. The summed E-state index contributed by atoms with van der Waals surface area (Å²) in [5.41, 5.74) is 4.31. The quantitative estimate of drug-likeness (QED) is 0.205. The Morgan fingerprint density at radius 3 is 2.63 bits per heavy atom. The first kappa shape index (κ1) is 30.7. The lowest BCUT2D eigenvalue weighted by Gasteiger charge is -2.33. The van der Waals surface area contributed by atoms with Gasteiger partial charge in [0, 0.05) is 73.9 Å². The maximum atomic E-state index is 13.5. The van der Waals surface area contributed by atoms with Gasteiger partial charge in [0.15, 0.2) is 0 Å². The van der Waals surface area contributed by atoms with Crippen molar-refractivity contribution in [2.45, 2.75) is 64.2 Å². The molecule has 236 valence electrons. The molecule has 3 amide bonds. The number of anilines is 2. The van der Waals surface area contributed by atoms with Crippen LogP contribution >= 0.6 is 0 Å². The molecular weight excluding hydrogens is 582 g/mol. The van der Waals surface area contributed by atoms with Crippen molar-refractivity contribution in [2.75, 3.05) is 23.7 Å². The minimum Gasteiger partial charge on any atom is -0.382 e. The molecule has 4 aromatic rings. The van der Waals surface area contributed by atoms with E-state index >= 15 is 0 Å². The van der Waals surface area contributed by atoms with E-state index in [0.29, 0.717) is 47.7 Å². The van der Waals surface area contributed by atoms with Crippen molar-refractivity contribution in [3.8, 4) is 11.9 Å². The van der Waals surface area contributed by atoms with E-state index < -0.39 is 6.04 Å². The van der Waals surface area contributed by atoms with Gasteiger partial charge in [0.1, 0.15) is 23.6 Å². The number of imide groups is 1. The minimum absolute atomic E-state index is 0.0269. The number of hydrogen-bond acceptors (Lipinski definition) is 9. The number of amides is 3. The molecule has 4 N–H and O–H groups in total. The average molecular weight is 620 g/mol. The molecule has 12 nitrogen and oxygen atoms in total. The van der Waals surface area contributed by atoms with E-state index in [1.807, 2.05) is 54.9 Å². The van der Waals surface area contributed by atoms with E-state index in [2.05, 4.69) is 48.3 Å². The molecule has 2 saturated heterocycles. The Labute approximate surface area is 267 Å². The standard InChI is InChI=1S/C34H37N9O3/c1-21(2)38-29-16-30(43-14-9-23-15-22(17-35)18-37-32(23)43)36-19-26(29)33(45)39-25-10-12-42(13-11-25)20-24-5-3-4-6-27(24)40-28-7-8-31(44)41-34(28)46/h3-6,9,14-16,18-19,21,25,28,40H,7-8,10-13,20H2,1-2H3,(H,36,38)(H,39,45)(H,41,44,46). The molecule has 2 aliphatic rings. The molecule has 0 bridgehead atoms. The molecule has 1 aromatic carbocycles. The third-order valence-electron chi connectivity index (χ3n) is 8.38. The van der Waals surface area contributed by atoms with Gasteiger partial charge in [0.25, 0.3) is 5.91 Å². The third kappa shape index (κ3) is 6.84. The average Bonchev–Trinajstić information content (AvgIpc) is 3.47. The number of nitrogens with zero attached hydrogens (tertiary/aromatic N) is 5. The van der Waals surface area contributed by atoms with E-state index in [1.165, 1.54) is 6.20 Å². The second-order valence-electron chi connectivity index (χ2n) is 12.2. The minimum atomic E-state index is -0.435. The molecular formula is C34H37N9O3. The Balaban J connectivity index is 1.09. The second-order valence-corrected chi connectivity index (χ2v) is 12.2. The van der Waals surface area contributed by atoms with Gasteiger partial charge in [-0.15, -0.1) is 0 Å². The van der Waals surface area contributed by atoms with E-state index in [1.54, 1.807) is 12.3 Å². The highest BCUT2D eigenvalue weighted by atomic mass is 16.2. The van der Waals surface area contributed by atoms with Crippen LogP contribution in [0.2, 0.25) is 0 Å². The van der Waals surface area contributed by atoms with Crippen LogP contribution in [0.4, 0.5) is 11.4 Å². The van der Waals surface area contributed by atoms with Crippen LogP contribution in [0.25, 0.3) is 16.9 Å². The highest BCUT2D eigenvalue weighted by Gasteiger charge is 2.28. The SMILES string of the molecule is CC(C)Nc1cc(-n2ccc3cc(C#N)cnc32)ncc1C(=O)NC1CCN(Cc2ccccc2NC2CCC(=O)NC2=O)CC1. The molecule has 46 heavy (non-hydrogen) atoms. The Bertz CT molecular complexity index is 1820. The van der Waals surface area contributed by atoms with Crippen molar-refractivity contribution in [3.63, 3.8) is 0 Å². The fourth-order valence-corrected chi connectivity index (χ4v) is 6.01. The van der Waals surface area contributed by atoms with Crippen LogP contribution in [0.15, 0.2) is 61.1 Å². The lowest BCUT2D eigenvalue weighted by molar-refractivity contribution is -0.133. The first-order chi connectivity index (χ1) is 22.3. The van der Waals surface area contributed by atoms with Gasteiger partial charge in [0.05, 0.1) is 16.8 Å². The summed E-state index contributed by atoms with van der Waals surface area (Å²) in [7, 11) is 0. The van der Waals surface area contributed by atoms with E-state index in [9.17, 15) is 19.6 Å². The number of hydrogen-bond donors (Lipinski definition) is 4. The fraction of sp³-hybridized carbons (Fsp3) is 0.353. The Kier molecular flexibility index (Phi) is 8.94. The third-order valence-corrected chi connectivity index (χ3v) is 8.38. The van der Waals surface area contributed by atoms with Crippen molar-refractivity contribution in [3.05, 3.63) is 77.7 Å². The number of fused-ring (bicyclic) bond motifs is 1. The number of nitriles is 1. The monoisotopic (exact) mass is 619 g/mol. The maximum absolute atomic E-state index is 13.5. The van der Waals surface area contributed by atoms with Crippen molar-refractivity contribution < 1.29 is 14.4 Å². The lowest BCUT2D eigenvalue weighted by atomic mass is 10.0. The van der Waals surface area contributed by atoms with Crippen molar-refractivity contribution in [2.24, 2.45) is 0 Å². The zero-order valence-corrected chi connectivity index (χ0v) is 25.9. The van der Waals surface area contributed by atoms with Gasteiger partial charge in [0.2, 0.25) is 11.8 Å². The van der Waals surface area contributed by atoms with Gasteiger partial charge in [-0.05, 0) is 56.9 Å². The number of likely N-dealkylation sites (tertiary alicyclic amines) is 1. The number of rotatable bonds is 9. The summed E-state index contributed by atoms with van der Waals surface area (Å²) in [6, 6.07) is 15.3. The molecule has 12 heteroatoms. The highest BCUT2D eigenvalue weighted by molar-refractivity contribution is 6.01. The molecule has 1 unspecified atom stereocenters. The second kappa shape index (κ2) is 13.4. The van der Waals surface area contributed by atoms with Crippen LogP contribution in [0.3, 0.4) is 0 Å². The van der Waals surface area contributed by atoms with Crippen LogP contribution < -0.4 is 21.3 Å². The molecule has 2 fully saturated rings. The zero-order chi connectivity index (χ0) is 32.2. The van der Waals surface area contributed by atoms with E-state index in [-0.39, 0.29) is 29.8 Å². The molecule has 5 heterocycles. The summed E-state index contributed by atoms with van der Waals surface area (Å²) < 4.78 is 1.85. The van der Waals surface area contributed by atoms with Gasteiger partial charge in [-0.1, -0.05) is 18.2 Å². The molecule has 6 rings (SSSR count). The number of carbonyl (C=O) groups is 3. The van der Waals surface area contributed by atoms with Gasteiger partial charge in [-0.3, -0.25) is 29.2 Å². The van der Waals surface area contributed by atoms with Gasteiger partial charge < -0.3 is 16.0 Å². The first-order valence-corrected chi connectivity index (χ1v) is 15.6. The van der Waals surface area contributed by atoms with E-state index in [4.69, 9.17) is 0 Å². The predicted octanol–water partition coefficient (Wildman–Crippen LogP) is 3.72. The Hall–Kier alpha value is -5.28. The molecule has 2 aliphatic heterocycles. The molecule has 0 aliphatic carbocycles. The van der Waals surface area contributed by atoms with Crippen LogP contribution in [-0.4, -0.2) is 68.4 Å². The van der Waals surface area contributed by atoms with Crippen LogP contribution in [0.1, 0.15) is 61.0 Å². The molecule has 1 atom stereocenters. The van der Waals surface area contributed by atoms with E-state index in [0.717, 1.165) is 42.6 Å². The predicted molar refractivity (Wildman–Crippen MR) is 174 cm³/mol. The van der Waals surface area contributed by atoms with Gasteiger partial charge >= 0.3 is 0 Å². The normalized spacial score (nSPS) is 17.5. The van der Waals surface area contributed by atoms with Gasteiger partial charge in [-0.2, -0.15) is 5.26 Å². The maximum Gasteiger partial charge on any atom is 0.255 e. The number of pyridine rings is 2. The fourth-order valence-electron chi connectivity index (χ4n) is 6.01. The summed E-state index contributed by atoms with van der Waals surface area (Å²) in [6.45, 7) is 6.38. The number of piperidine rings is 2. The lowest BCUT2D eigenvalue weighted by Crippen LogP contribution is -2.47. The number of para-hydroxylation sites is 1. The number of benzene rings is 1. The highest BCUT2D eigenvalue weighted by Crippen LogP contribution is 2.25. The van der Waals surface area contributed by atoms with Crippen LogP contribution in [0, 0.1) is 11.3 Å². The summed E-state index contributed by atoms with van der Waals surface area (Å²) in [5, 5.41) is 22.4. The molecule has 0 saturated carbocycles. The number of aromatic nitrogens is 3. The Morgan fingerprint density at radius 2 is 1.87 bits per heavy atom. The summed E-state index contributed by atoms with van der Waals surface area (Å²) >= 11 is 0.